The Labute approximate surface area is 140 Å². The molecule has 0 N–H and O–H groups in total. The van der Waals surface area contributed by atoms with E-state index in [1.54, 1.807) is 5.51 Å². The minimum atomic E-state index is 0.139. The lowest BCUT2D eigenvalue weighted by Gasteiger charge is -2.33. The molecule has 2 aliphatic rings. The Morgan fingerprint density at radius 2 is 2.17 bits per heavy atom. The van der Waals surface area contributed by atoms with Gasteiger partial charge in [-0.2, -0.15) is 0 Å². The number of hydrogen-bond acceptors (Lipinski definition) is 4. The third-order valence-corrected chi connectivity index (χ3v) is 5.96. The summed E-state index contributed by atoms with van der Waals surface area (Å²) in [7, 11) is 0. The second-order valence-corrected chi connectivity index (χ2v) is 7.43. The lowest BCUT2D eigenvalue weighted by molar-refractivity contribution is 0.0707. The van der Waals surface area contributed by atoms with Gasteiger partial charge >= 0.3 is 0 Å². The number of likely N-dealkylation sites (tertiary alicyclic amines) is 1. The number of hydrogen-bond donors (Lipinski definition) is 0. The van der Waals surface area contributed by atoms with Crippen molar-refractivity contribution in [2.24, 2.45) is 0 Å². The number of aromatic nitrogens is 3. The predicted molar refractivity (Wildman–Crippen MR) is 89.9 cm³/mol. The molecule has 122 valence electrons. The maximum atomic E-state index is 12.8. The molecule has 0 aliphatic carbocycles. The number of amides is 1. The highest BCUT2D eigenvalue weighted by Crippen LogP contribution is 2.30. The van der Waals surface area contributed by atoms with Crippen LogP contribution < -0.4 is 0 Å². The van der Waals surface area contributed by atoms with Gasteiger partial charge in [0.2, 0.25) is 0 Å². The monoisotopic (exact) mass is 330 g/mol. The summed E-state index contributed by atoms with van der Waals surface area (Å²) in [5, 5.41) is 0. The molecule has 0 spiro atoms. The summed E-state index contributed by atoms with van der Waals surface area (Å²) >= 11 is 1.45. The summed E-state index contributed by atoms with van der Waals surface area (Å²) in [6.07, 6.45) is 7.88. The molecule has 0 radical (unpaired) electrons. The van der Waals surface area contributed by atoms with Crippen molar-refractivity contribution in [3.05, 3.63) is 33.8 Å². The Kier molecular flexibility index (Phi) is 3.93. The Balaban J connectivity index is 1.54. The number of fused-ring (bicyclic) bond motifs is 1. The Hall–Kier alpha value is -1.69. The molecular formula is C17H22N4OS. The molecule has 0 unspecified atom stereocenters. The molecule has 2 aliphatic heterocycles. The lowest BCUT2D eigenvalue weighted by Crippen LogP contribution is -2.39. The molecule has 4 heterocycles. The van der Waals surface area contributed by atoms with Crippen LogP contribution in [-0.4, -0.2) is 38.4 Å². The van der Waals surface area contributed by atoms with Crippen LogP contribution in [-0.2, 0) is 13.0 Å². The standard InChI is InChI=1S/C17H22N4OS/c1-12-15(23-11-19-12)17(22)20-7-4-5-13(10-20)16-18-9-14-6-2-3-8-21(14)16/h9,11,13H,2-8,10H2,1H3/t13-/m1/s1. The summed E-state index contributed by atoms with van der Waals surface area (Å²) in [5.74, 6) is 1.70. The maximum absolute atomic E-state index is 12.8. The molecule has 1 amide bonds. The van der Waals surface area contributed by atoms with Crippen LogP contribution in [0.2, 0.25) is 0 Å². The van der Waals surface area contributed by atoms with E-state index < -0.39 is 0 Å². The molecule has 1 fully saturated rings. The van der Waals surface area contributed by atoms with E-state index in [1.807, 2.05) is 18.0 Å². The normalized spacial score (nSPS) is 21.3. The topological polar surface area (TPSA) is 51.0 Å². The zero-order chi connectivity index (χ0) is 15.8. The number of nitrogens with zero attached hydrogens (tertiary/aromatic N) is 4. The van der Waals surface area contributed by atoms with Gasteiger partial charge in [-0.1, -0.05) is 0 Å². The van der Waals surface area contributed by atoms with Crippen LogP contribution in [0.1, 0.15) is 58.5 Å². The molecule has 6 heteroatoms. The van der Waals surface area contributed by atoms with E-state index in [1.165, 1.54) is 35.7 Å². The Bertz CT molecular complexity index is 720. The highest BCUT2D eigenvalue weighted by atomic mass is 32.1. The van der Waals surface area contributed by atoms with Crippen molar-refractivity contribution in [2.45, 2.75) is 51.5 Å². The van der Waals surface area contributed by atoms with Crippen LogP contribution in [0.25, 0.3) is 0 Å². The van der Waals surface area contributed by atoms with Gasteiger partial charge in [0.1, 0.15) is 10.7 Å². The Morgan fingerprint density at radius 1 is 1.26 bits per heavy atom. The minimum Gasteiger partial charge on any atom is -0.337 e. The molecule has 0 bridgehead atoms. The minimum absolute atomic E-state index is 0.139. The summed E-state index contributed by atoms with van der Waals surface area (Å²) < 4.78 is 2.40. The third-order valence-electron chi connectivity index (χ3n) is 5.05. The zero-order valence-electron chi connectivity index (χ0n) is 13.5. The highest BCUT2D eigenvalue weighted by molar-refractivity contribution is 7.11. The van der Waals surface area contributed by atoms with Gasteiger partial charge < -0.3 is 9.47 Å². The molecular weight excluding hydrogens is 308 g/mol. The second-order valence-electron chi connectivity index (χ2n) is 6.57. The first-order valence-electron chi connectivity index (χ1n) is 8.47. The van der Waals surface area contributed by atoms with Crippen molar-refractivity contribution in [1.29, 1.82) is 0 Å². The lowest BCUT2D eigenvalue weighted by atomic mass is 9.96. The fourth-order valence-electron chi connectivity index (χ4n) is 3.81. The van der Waals surface area contributed by atoms with Crippen LogP contribution in [0.3, 0.4) is 0 Å². The number of rotatable bonds is 2. The van der Waals surface area contributed by atoms with Crippen molar-refractivity contribution in [1.82, 2.24) is 19.4 Å². The number of carbonyl (C=O) groups excluding carboxylic acids is 1. The van der Waals surface area contributed by atoms with Crippen molar-refractivity contribution >= 4 is 17.2 Å². The summed E-state index contributed by atoms with van der Waals surface area (Å²) in [6.45, 7) is 4.63. The summed E-state index contributed by atoms with van der Waals surface area (Å²) in [6, 6.07) is 0. The predicted octanol–water partition coefficient (Wildman–Crippen LogP) is 3.00. The van der Waals surface area contributed by atoms with E-state index in [2.05, 4.69) is 9.55 Å². The quantitative estimate of drug-likeness (QED) is 0.850. The van der Waals surface area contributed by atoms with Crippen LogP contribution >= 0.6 is 11.3 Å². The fraction of sp³-hybridized carbons (Fsp3) is 0.588. The molecule has 5 nitrogen and oxygen atoms in total. The number of thiazole rings is 1. The maximum Gasteiger partial charge on any atom is 0.265 e. The van der Waals surface area contributed by atoms with Crippen molar-refractivity contribution in [3.63, 3.8) is 0 Å². The van der Waals surface area contributed by atoms with Gasteiger partial charge in [-0.15, -0.1) is 11.3 Å². The second kappa shape index (κ2) is 6.07. The average molecular weight is 330 g/mol. The number of carbonyl (C=O) groups is 1. The van der Waals surface area contributed by atoms with Gasteiger partial charge in [0.05, 0.1) is 11.2 Å². The highest BCUT2D eigenvalue weighted by Gasteiger charge is 2.30. The number of aryl methyl sites for hydroxylation is 2. The van der Waals surface area contributed by atoms with Gasteiger partial charge in [0, 0.05) is 37.4 Å². The van der Waals surface area contributed by atoms with Crippen LogP contribution in [0.5, 0.6) is 0 Å². The van der Waals surface area contributed by atoms with Crippen LogP contribution in [0, 0.1) is 6.92 Å². The molecule has 2 aromatic rings. The molecule has 1 atom stereocenters. The van der Waals surface area contributed by atoms with E-state index in [0.717, 1.165) is 49.5 Å². The van der Waals surface area contributed by atoms with Gasteiger partial charge in [-0.25, -0.2) is 9.97 Å². The third kappa shape index (κ3) is 2.69. The SMILES string of the molecule is Cc1ncsc1C(=O)N1CCC[C@@H](c2ncc3n2CCCC3)C1. The fourth-order valence-corrected chi connectivity index (χ4v) is 4.58. The first-order chi connectivity index (χ1) is 11.2. The number of piperidine rings is 1. The summed E-state index contributed by atoms with van der Waals surface area (Å²) in [5.41, 5.74) is 3.97. The Morgan fingerprint density at radius 3 is 3.00 bits per heavy atom. The van der Waals surface area contributed by atoms with Crippen molar-refractivity contribution in [2.75, 3.05) is 13.1 Å². The summed E-state index contributed by atoms with van der Waals surface area (Å²) in [4.78, 5) is 24.5. The first-order valence-corrected chi connectivity index (χ1v) is 9.35. The molecule has 0 saturated carbocycles. The van der Waals surface area contributed by atoms with E-state index in [-0.39, 0.29) is 5.91 Å². The van der Waals surface area contributed by atoms with E-state index in [0.29, 0.717) is 5.92 Å². The van der Waals surface area contributed by atoms with Crippen molar-refractivity contribution < 1.29 is 4.79 Å². The molecule has 0 aromatic carbocycles. The molecule has 4 rings (SSSR count). The number of imidazole rings is 1. The smallest absolute Gasteiger partial charge is 0.265 e. The zero-order valence-corrected chi connectivity index (χ0v) is 14.3. The van der Waals surface area contributed by atoms with Crippen LogP contribution in [0.15, 0.2) is 11.7 Å². The van der Waals surface area contributed by atoms with Gasteiger partial charge in [0.15, 0.2) is 0 Å². The average Bonchev–Trinajstić information content (AvgIpc) is 3.20. The van der Waals surface area contributed by atoms with Gasteiger partial charge in [0.25, 0.3) is 5.91 Å². The van der Waals surface area contributed by atoms with Crippen LogP contribution in [0.4, 0.5) is 0 Å². The first kappa shape index (κ1) is 14.9. The molecule has 2 aromatic heterocycles. The van der Waals surface area contributed by atoms with E-state index in [9.17, 15) is 4.79 Å². The largest absolute Gasteiger partial charge is 0.337 e. The van der Waals surface area contributed by atoms with Gasteiger partial charge in [-0.05, 0) is 39.0 Å². The van der Waals surface area contributed by atoms with E-state index >= 15 is 0 Å². The van der Waals surface area contributed by atoms with Crippen molar-refractivity contribution in [3.8, 4) is 0 Å². The van der Waals surface area contributed by atoms with E-state index in [4.69, 9.17) is 4.98 Å². The van der Waals surface area contributed by atoms with Gasteiger partial charge in [-0.3, -0.25) is 4.79 Å². The molecule has 23 heavy (non-hydrogen) atoms. The molecule has 1 saturated heterocycles.